The zero-order chi connectivity index (χ0) is 14.3. The molecule has 1 fully saturated rings. The highest BCUT2D eigenvalue weighted by Crippen LogP contribution is 2.34. The van der Waals surface area contributed by atoms with E-state index in [9.17, 15) is 4.79 Å². The van der Waals surface area contributed by atoms with Gasteiger partial charge in [-0.15, -0.1) is 16.4 Å². The molecule has 5 nitrogen and oxygen atoms in total. The van der Waals surface area contributed by atoms with Gasteiger partial charge < -0.3 is 4.90 Å². The predicted octanol–water partition coefficient (Wildman–Crippen LogP) is 3.00. The molecule has 0 atom stereocenters. The van der Waals surface area contributed by atoms with Gasteiger partial charge in [0.15, 0.2) is 0 Å². The van der Waals surface area contributed by atoms with Crippen LogP contribution in [-0.4, -0.2) is 31.9 Å². The van der Waals surface area contributed by atoms with Gasteiger partial charge in [0.05, 0.1) is 12.2 Å². The molecule has 20 heavy (non-hydrogen) atoms. The van der Waals surface area contributed by atoms with E-state index in [1.807, 2.05) is 18.8 Å². The van der Waals surface area contributed by atoms with Crippen molar-refractivity contribution in [1.82, 2.24) is 19.5 Å². The molecule has 0 saturated carbocycles. The van der Waals surface area contributed by atoms with Crippen LogP contribution in [-0.2, 0) is 0 Å². The van der Waals surface area contributed by atoms with Crippen molar-refractivity contribution in [3.05, 3.63) is 23.3 Å². The summed E-state index contributed by atoms with van der Waals surface area (Å²) in [5, 5.41) is 6.61. The molecule has 1 amide bonds. The Labute approximate surface area is 125 Å². The summed E-state index contributed by atoms with van der Waals surface area (Å²) in [5.74, 6) is -0.0202. The molecule has 0 N–H and O–H groups in total. The molecule has 0 unspecified atom stereocenters. The van der Waals surface area contributed by atoms with Crippen LogP contribution in [0.3, 0.4) is 0 Å². The molecule has 0 aliphatic carbocycles. The molecular formula is C13H15N4OS2. The van der Waals surface area contributed by atoms with Gasteiger partial charge in [0.25, 0.3) is 5.91 Å². The predicted molar refractivity (Wildman–Crippen MR) is 79.5 cm³/mol. The van der Waals surface area contributed by atoms with E-state index in [0.29, 0.717) is 5.69 Å². The number of aryl methyl sites for hydroxylation is 1. The third-order valence-corrected chi connectivity index (χ3v) is 5.12. The number of carbonyl (C=O) groups is 1. The summed E-state index contributed by atoms with van der Waals surface area (Å²) in [4.78, 5) is 19.6. The molecule has 1 saturated heterocycles. The first kappa shape index (κ1) is 13.6. The molecule has 0 spiro atoms. The third-order valence-electron chi connectivity index (χ3n) is 3.29. The first-order valence-electron chi connectivity index (χ1n) is 6.35. The Kier molecular flexibility index (Phi) is 3.33. The van der Waals surface area contributed by atoms with Gasteiger partial charge in [0.2, 0.25) is 0 Å². The van der Waals surface area contributed by atoms with Crippen molar-refractivity contribution < 1.29 is 4.79 Å². The van der Waals surface area contributed by atoms with E-state index in [1.54, 1.807) is 4.90 Å². The maximum absolute atomic E-state index is 12.4. The van der Waals surface area contributed by atoms with Crippen LogP contribution in [0.1, 0.15) is 36.5 Å². The first-order valence-corrected chi connectivity index (χ1v) is 8.01. The number of hydrogen-bond acceptors (Lipinski definition) is 6. The Bertz CT molecular complexity index is 646. The van der Waals surface area contributed by atoms with Crippen molar-refractivity contribution in [2.75, 3.05) is 6.54 Å². The number of rotatable bonds is 2. The molecule has 105 valence electrons. The second kappa shape index (κ2) is 4.89. The summed E-state index contributed by atoms with van der Waals surface area (Å²) in [6.45, 7) is 8.95. The molecule has 2 aromatic rings. The van der Waals surface area contributed by atoms with Gasteiger partial charge in [-0.2, -0.15) is 0 Å². The van der Waals surface area contributed by atoms with Crippen LogP contribution in [0.15, 0.2) is 5.38 Å². The van der Waals surface area contributed by atoms with Gasteiger partial charge in [0, 0.05) is 11.9 Å². The Balaban J connectivity index is 1.81. The van der Waals surface area contributed by atoms with Gasteiger partial charge >= 0.3 is 0 Å². The molecule has 7 heteroatoms. The van der Waals surface area contributed by atoms with Crippen molar-refractivity contribution in [2.45, 2.75) is 27.2 Å². The molecule has 3 rings (SSSR count). The highest BCUT2D eigenvalue weighted by atomic mass is 32.1. The molecule has 1 aliphatic rings. The van der Waals surface area contributed by atoms with Crippen molar-refractivity contribution in [3.8, 4) is 9.88 Å². The number of thiazole rings is 1. The fourth-order valence-corrected chi connectivity index (χ4v) is 3.73. The molecule has 1 radical (unpaired) electrons. The number of nitrogens with zero attached hydrogens (tertiary/aromatic N) is 4. The van der Waals surface area contributed by atoms with Crippen LogP contribution in [0.25, 0.3) is 9.88 Å². The summed E-state index contributed by atoms with van der Waals surface area (Å²) in [5.41, 5.74) is 1.52. The van der Waals surface area contributed by atoms with Crippen LogP contribution in [0.4, 0.5) is 0 Å². The Morgan fingerprint density at radius 2 is 2.25 bits per heavy atom. The zero-order valence-corrected chi connectivity index (χ0v) is 13.2. The van der Waals surface area contributed by atoms with Gasteiger partial charge in [-0.25, -0.2) is 4.98 Å². The van der Waals surface area contributed by atoms with Crippen LogP contribution >= 0.6 is 22.9 Å². The van der Waals surface area contributed by atoms with E-state index in [0.717, 1.165) is 28.5 Å². The molecule has 1 aliphatic heterocycles. The number of amides is 1. The van der Waals surface area contributed by atoms with Gasteiger partial charge in [-0.05, 0) is 30.3 Å². The fourth-order valence-electron chi connectivity index (χ4n) is 2.15. The van der Waals surface area contributed by atoms with Gasteiger partial charge in [-0.3, -0.25) is 4.79 Å². The lowest BCUT2D eigenvalue weighted by Gasteiger charge is -2.18. The minimum Gasteiger partial charge on any atom is -0.332 e. The largest absolute Gasteiger partial charge is 0.332 e. The van der Waals surface area contributed by atoms with E-state index in [1.165, 1.54) is 22.9 Å². The van der Waals surface area contributed by atoms with Crippen LogP contribution < -0.4 is 0 Å². The molecule has 2 aromatic heterocycles. The normalized spacial score (nSPS) is 17.6. The monoisotopic (exact) mass is 307 g/mol. The Hall–Kier alpha value is -1.34. The highest BCUT2D eigenvalue weighted by molar-refractivity contribution is 7.18. The fraction of sp³-hybridized carbons (Fsp3) is 0.462. The zero-order valence-electron chi connectivity index (χ0n) is 11.6. The van der Waals surface area contributed by atoms with Crippen LogP contribution in [0.2, 0.25) is 0 Å². The highest BCUT2D eigenvalue weighted by Gasteiger charge is 2.33. The summed E-state index contributed by atoms with van der Waals surface area (Å²) in [6.07, 6.45) is 0.924. The first-order chi connectivity index (χ1) is 9.46. The number of aromatic nitrogens is 3. The number of hydrogen-bond donors (Lipinski definition) is 0. The Morgan fingerprint density at radius 1 is 1.45 bits per heavy atom. The minimum atomic E-state index is -0.0202. The van der Waals surface area contributed by atoms with Crippen molar-refractivity contribution in [3.63, 3.8) is 0 Å². The van der Waals surface area contributed by atoms with E-state index >= 15 is 0 Å². The molecule has 0 aromatic carbocycles. The van der Waals surface area contributed by atoms with Crippen molar-refractivity contribution >= 4 is 28.8 Å². The van der Waals surface area contributed by atoms with Crippen molar-refractivity contribution in [2.24, 2.45) is 5.41 Å². The van der Waals surface area contributed by atoms with Gasteiger partial charge in [0.1, 0.15) is 15.6 Å². The lowest BCUT2D eigenvalue weighted by molar-refractivity contribution is 0.0799. The van der Waals surface area contributed by atoms with E-state index in [4.69, 9.17) is 0 Å². The summed E-state index contributed by atoms with van der Waals surface area (Å²) in [7, 11) is 0. The second-order valence-corrected chi connectivity index (χ2v) is 7.32. The lowest BCUT2D eigenvalue weighted by atomic mass is 9.93. The van der Waals surface area contributed by atoms with Crippen LogP contribution in [0.5, 0.6) is 0 Å². The standard InChI is InChI=1S/C13H15N4OS2/c1-8-10(20-16-15-8)11-14-9(6-19-11)12(18)17-5-4-13(2,3)7-17/h5-6H,4,7H2,1-3H3. The quantitative estimate of drug-likeness (QED) is 0.856. The third kappa shape index (κ3) is 2.47. The summed E-state index contributed by atoms with van der Waals surface area (Å²) in [6, 6.07) is 0. The van der Waals surface area contributed by atoms with E-state index < -0.39 is 0 Å². The van der Waals surface area contributed by atoms with Crippen LogP contribution in [0, 0.1) is 18.9 Å². The number of carbonyl (C=O) groups excluding carboxylic acids is 1. The Morgan fingerprint density at radius 3 is 2.85 bits per heavy atom. The molecule has 3 heterocycles. The van der Waals surface area contributed by atoms with E-state index in [-0.39, 0.29) is 11.3 Å². The SMILES string of the molecule is Cc1nnsc1-c1nc(C(=O)N2[CH]CC(C)(C)C2)cs1. The summed E-state index contributed by atoms with van der Waals surface area (Å²) < 4.78 is 3.91. The van der Waals surface area contributed by atoms with Crippen molar-refractivity contribution in [1.29, 1.82) is 0 Å². The molecular weight excluding hydrogens is 292 g/mol. The lowest BCUT2D eigenvalue weighted by Crippen LogP contribution is -2.28. The average Bonchev–Trinajstić information content (AvgIpc) is 3.07. The smallest absolute Gasteiger partial charge is 0.273 e. The second-order valence-electron chi connectivity index (χ2n) is 5.71. The minimum absolute atomic E-state index is 0.0202. The van der Waals surface area contributed by atoms with E-state index in [2.05, 4.69) is 28.4 Å². The number of likely N-dealkylation sites (tertiary alicyclic amines) is 1. The maximum atomic E-state index is 12.4. The topological polar surface area (TPSA) is 59.0 Å². The summed E-state index contributed by atoms with van der Waals surface area (Å²) >= 11 is 2.78. The average molecular weight is 307 g/mol. The maximum Gasteiger partial charge on any atom is 0.273 e. The molecule has 0 bridgehead atoms. The van der Waals surface area contributed by atoms with Gasteiger partial charge in [-0.1, -0.05) is 18.3 Å².